The molecule has 0 aliphatic rings. The zero-order valence-electron chi connectivity index (χ0n) is 12.7. The van der Waals surface area contributed by atoms with Crippen molar-refractivity contribution in [2.45, 2.75) is 13.0 Å². The number of aromatic nitrogens is 1. The number of anilines is 2. The molecule has 0 spiro atoms. The Kier molecular flexibility index (Phi) is 4.62. The number of nitrogens with one attached hydrogen (secondary N) is 1. The Hall–Kier alpha value is -2.30. The van der Waals surface area contributed by atoms with Crippen LogP contribution in [0.15, 0.2) is 36.5 Å². The smallest absolute Gasteiger partial charge is 0.132 e. The maximum Gasteiger partial charge on any atom is 0.132 e. The predicted octanol–water partition coefficient (Wildman–Crippen LogP) is 3.47. The summed E-state index contributed by atoms with van der Waals surface area (Å²) in [6.07, 6.45) is 1.74. The Morgan fingerprint density at radius 2 is 2.00 bits per heavy atom. The number of methoxy groups -OCH3 is 1. The summed E-state index contributed by atoms with van der Waals surface area (Å²) in [5.74, 6) is 1.11. The van der Waals surface area contributed by atoms with Gasteiger partial charge in [-0.15, -0.1) is 0 Å². The van der Waals surface area contributed by atoms with Gasteiger partial charge in [0.15, 0.2) is 0 Å². The number of hydrogen-bond donors (Lipinski definition) is 1. The van der Waals surface area contributed by atoms with Gasteiger partial charge in [0.25, 0.3) is 0 Å². The van der Waals surface area contributed by atoms with Crippen LogP contribution in [0.3, 0.4) is 0 Å². The second kappa shape index (κ2) is 6.43. The standard InChI is InChI=1S/C16H20FN3O/c1-11(14-7-6-13(21-4)9-15(14)17)19-12-5-8-16(18-10-12)20(2)3/h5-11,19H,1-4H3. The molecule has 0 aliphatic heterocycles. The van der Waals surface area contributed by atoms with Gasteiger partial charge in [0.1, 0.15) is 17.4 Å². The lowest BCUT2D eigenvalue weighted by Gasteiger charge is -2.17. The summed E-state index contributed by atoms with van der Waals surface area (Å²) in [5, 5.41) is 3.24. The average Bonchev–Trinajstić information content (AvgIpc) is 2.47. The van der Waals surface area contributed by atoms with E-state index in [4.69, 9.17) is 4.74 Å². The van der Waals surface area contributed by atoms with Crippen molar-refractivity contribution in [3.8, 4) is 5.75 Å². The van der Waals surface area contributed by atoms with Gasteiger partial charge >= 0.3 is 0 Å². The van der Waals surface area contributed by atoms with E-state index in [2.05, 4.69) is 10.3 Å². The molecule has 2 aromatic rings. The lowest BCUT2D eigenvalue weighted by molar-refractivity contribution is 0.410. The van der Waals surface area contributed by atoms with E-state index in [0.29, 0.717) is 11.3 Å². The molecule has 1 atom stereocenters. The van der Waals surface area contributed by atoms with E-state index in [1.54, 1.807) is 18.3 Å². The van der Waals surface area contributed by atoms with Gasteiger partial charge in [0.05, 0.1) is 25.0 Å². The highest BCUT2D eigenvalue weighted by Gasteiger charge is 2.12. The molecule has 112 valence electrons. The Balaban J connectivity index is 2.12. The lowest BCUT2D eigenvalue weighted by Crippen LogP contribution is -2.12. The third-order valence-corrected chi connectivity index (χ3v) is 3.26. The van der Waals surface area contributed by atoms with E-state index in [9.17, 15) is 4.39 Å². The first-order valence-electron chi connectivity index (χ1n) is 6.74. The summed E-state index contributed by atoms with van der Waals surface area (Å²) < 4.78 is 19.0. The molecule has 0 fully saturated rings. The first kappa shape index (κ1) is 15.1. The van der Waals surface area contributed by atoms with E-state index >= 15 is 0 Å². The number of pyridine rings is 1. The van der Waals surface area contributed by atoms with Gasteiger partial charge in [0.2, 0.25) is 0 Å². The Labute approximate surface area is 124 Å². The van der Waals surface area contributed by atoms with Gasteiger partial charge < -0.3 is 15.0 Å². The summed E-state index contributed by atoms with van der Waals surface area (Å²) >= 11 is 0. The fraction of sp³-hybridized carbons (Fsp3) is 0.312. The predicted molar refractivity (Wildman–Crippen MR) is 83.6 cm³/mol. The zero-order valence-corrected chi connectivity index (χ0v) is 12.7. The molecule has 2 rings (SSSR count). The van der Waals surface area contributed by atoms with E-state index in [1.807, 2.05) is 38.1 Å². The SMILES string of the molecule is COc1ccc(C(C)Nc2ccc(N(C)C)nc2)c(F)c1. The maximum absolute atomic E-state index is 14.0. The summed E-state index contributed by atoms with van der Waals surface area (Å²) in [6.45, 7) is 1.91. The van der Waals surface area contributed by atoms with Crippen LogP contribution >= 0.6 is 0 Å². The molecule has 0 amide bonds. The van der Waals surface area contributed by atoms with E-state index in [-0.39, 0.29) is 11.9 Å². The minimum absolute atomic E-state index is 0.164. The minimum Gasteiger partial charge on any atom is -0.497 e. The van der Waals surface area contributed by atoms with Crippen LogP contribution in [0, 0.1) is 5.82 Å². The van der Waals surface area contributed by atoms with Crippen LogP contribution in [-0.4, -0.2) is 26.2 Å². The number of ether oxygens (including phenoxy) is 1. The monoisotopic (exact) mass is 289 g/mol. The van der Waals surface area contributed by atoms with Crippen LogP contribution in [-0.2, 0) is 0 Å². The molecule has 0 saturated carbocycles. The molecule has 1 heterocycles. The maximum atomic E-state index is 14.0. The van der Waals surface area contributed by atoms with E-state index in [0.717, 1.165) is 11.5 Å². The molecule has 0 saturated heterocycles. The summed E-state index contributed by atoms with van der Waals surface area (Å²) in [5.41, 5.74) is 1.44. The van der Waals surface area contributed by atoms with Gasteiger partial charge in [-0.05, 0) is 25.1 Å². The van der Waals surface area contributed by atoms with Crippen molar-refractivity contribution >= 4 is 11.5 Å². The highest BCUT2D eigenvalue weighted by Crippen LogP contribution is 2.25. The Bertz CT molecular complexity index is 599. The van der Waals surface area contributed by atoms with Gasteiger partial charge in [-0.1, -0.05) is 6.07 Å². The van der Waals surface area contributed by atoms with Gasteiger partial charge in [-0.25, -0.2) is 9.37 Å². The zero-order chi connectivity index (χ0) is 15.4. The molecule has 0 aliphatic carbocycles. The summed E-state index contributed by atoms with van der Waals surface area (Å²) in [4.78, 5) is 6.25. The first-order valence-corrected chi connectivity index (χ1v) is 6.74. The summed E-state index contributed by atoms with van der Waals surface area (Å²) in [6, 6.07) is 8.56. The molecular formula is C16H20FN3O. The van der Waals surface area contributed by atoms with Crippen LogP contribution in [0.25, 0.3) is 0 Å². The fourth-order valence-corrected chi connectivity index (χ4v) is 2.05. The molecule has 1 N–H and O–H groups in total. The van der Waals surface area contributed by atoms with Crippen LogP contribution in [0.2, 0.25) is 0 Å². The van der Waals surface area contributed by atoms with Crippen molar-refractivity contribution in [1.29, 1.82) is 0 Å². The number of benzene rings is 1. The third kappa shape index (κ3) is 3.62. The molecule has 1 aromatic heterocycles. The normalized spacial score (nSPS) is 11.9. The molecular weight excluding hydrogens is 269 g/mol. The Morgan fingerprint density at radius 3 is 2.52 bits per heavy atom. The number of rotatable bonds is 5. The summed E-state index contributed by atoms with van der Waals surface area (Å²) in [7, 11) is 5.39. The van der Waals surface area contributed by atoms with Gasteiger partial charge in [-0.2, -0.15) is 0 Å². The molecule has 0 bridgehead atoms. The van der Waals surface area contributed by atoms with E-state index < -0.39 is 0 Å². The van der Waals surface area contributed by atoms with Crippen LogP contribution < -0.4 is 15.0 Å². The molecule has 21 heavy (non-hydrogen) atoms. The topological polar surface area (TPSA) is 37.4 Å². The van der Waals surface area contributed by atoms with Crippen molar-refractivity contribution in [3.63, 3.8) is 0 Å². The lowest BCUT2D eigenvalue weighted by atomic mass is 10.1. The van der Waals surface area contributed by atoms with Crippen molar-refractivity contribution in [2.24, 2.45) is 0 Å². The fourth-order valence-electron chi connectivity index (χ4n) is 2.05. The van der Waals surface area contributed by atoms with Crippen molar-refractivity contribution < 1.29 is 9.13 Å². The molecule has 5 heteroatoms. The number of hydrogen-bond acceptors (Lipinski definition) is 4. The van der Waals surface area contributed by atoms with Crippen molar-refractivity contribution in [1.82, 2.24) is 4.98 Å². The molecule has 0 radical (unpaired) electrons. The average molecular weight is 289 g/mol. The van der Waals surface area contributed by atoms with Gasteiger partial charge in [-0.3, -0.25) is 0 Å². The number of nitrogens with zero attached hydrogens (tertiary/aromatic N) is 2. The van der Waals surface area contributed by atoms with Crippen LogP contribution in [0.4, 0.5) is 15.9 Å². The second-order valence-electron chi connectivity index (χ2n) is 5.05. The van der Waals surface area contributed by atoms with Gasteiger partial charge in [0, 0.05) is 25.7 Å². The van der Waals surface area contributed by atoms with Crippen LogP contribution in [0.5, 0.6) is 5.75 Å². The highest BCUT2D eigenvalue weighted by molar-refractivity contribution is 5.49. The number of halogens is 1. The first-order chi connectivity index (χ1) is 10.0. The quantitative estimate of drug-likeness (QED) is 0.914. The molecule has 1 unspecified atom stereocenters. The molecule has 1 aromatic carbocycles. The van der Waals surface area contributed by atoms with Crippen LogP contribution in [0.1, 0.15) is 18.5 Å². The second-order valence-corrected chi connectivity index (χ2v) is 5.05. The largest absolute Gasteiger partial charge is 0.497 e. The van der Waals surface area contributed by atoms with Crippen molar-refractivity contribution in [2.75, 3.05) is 31.4 Å². The van der Waals surface area contributed by atoms with Crippen molar-refractivity contribution in [3.05, 3.63) is 47.9 Å². The van der Waals surface area contributed by atoms with E-state index in [1.165, 1.54) is 13.2 Å². The third-order valence-electron chi connectivity index (χ3n) is 3.26. The Morgan fingerprint density at radius 1 is 1.24 bits per heavy atom. The highest BCUT2D eigenvalue weighted by atomic mass is 19.1. The minimum atomic E-state index is -0.285. The molecule has 4 nitrogen and oxygen atoms in total.